The van der Waals surface area contributed by atoms with E-state index in [1.54, 1.807) is 6.08 Å². The van der Waals surface area contributed by atoms with Crippen molar-refractivity contribution in [3.8, 4) is 0 Å². The Kier molecular flexibility index (Phi) is 4.12. The Morgan fingerprint density at radius 2 is 2.22 bits per heavy atom. The molecule has 0 heteroatoms. The highest BCUT2D eigenvalue weighted by molar-refractivity contribution is 5.12. The topological polar surface area (TPSA) is 0 Å². The van der Waals surface area contributed by atoms with Crippen molar-refractivity contribution in [2.45, 2.75) is 27.2 Å². The van der Waals surface area contributed by atoms with E-state index in [0.717, 1.165) is 0 Å². The number of hydrogen-bond acceptors (Lipinski definition) is 0. The Labute approximate surface area is 58.3 Å². The Morgan fingerprint density at radius 1 is 1.67 bits per heavy atom. The molecule has 1 unspecified atom stereocenters. The van der Waals surface area contributed by atoms with Crippen molar-refractivity contribution in [1.82, 2.24) is 0 Å². The fourth-order valence-electron chi connectivity index (χ4n) is 0.622. The van der Waals surface area contributed by atoms with Crippen molar-refractivity contribution < 1.29 is 0 Å². The predicted molar refractivity (Wildman–Crippen MR) is 42.1 cm³/mol. The summed E-state index contributed by atoms with van der Waals surface area (Å²) in [7, 11) is 0. The molecule has 0 N–H and O–H groups in total. The van der Waals surface area contributed by atoms with Crippen molar-refractivity contribution in [2.75, 3.05) is 0 Å². The Bertz CT molecular complexity index is 109. The van der Waals surface area contributed by atoms with Crippen LogP contribution in [0.25, 0.3) is 0 Å². The van der Waals surface area contributed by atoms with Crippen molar-refractivity contribution in [1.29, 1.82) is 0 Å². The lowest BCUT2D eigenvalue weighted by atomic mass is 10.1. The third-order valence-electron chi connectivity index (χ3n) is 1.45. The first kappa shape index (κ1) is 8.48. The van der Waals surface area contributed by atoms with Crippen LogP contribution in [0.4, 0.5) is 0 Å². The smallest absolute Gasteiger partial charge is 0.0259 e. The minimum absolute atomic E-state index is 0.657. The molecule has 0 heterocycles. The van der Waals surface area contributed by atoms with E-state index in [0.29, 0.717) is 5.92 Å². The van der Waals surface area contributed by atoms with Gasteiger partial charge >= 0.3 is 0 Å². The van der Waals surface area contributed by atoms with Crippen molar-refractivity contribution in [3.05, 3.63) is 24.3 Å². The second-order valence-electron chi connectivity index (χ2n) is 2.46. The van der Waals surface area contributed by atoms with Crippen LogP contribution in [0.15, 0.2) is 17.7 Å². The molecule has 0 aromatic carbocycles. The van der Waals surface area contributed by atoms with Crippen molar-refractivity contribution in [3.63, 3.8) is 0 Å². The molecule has 1 atom stereocenters. The van der Waals surface area contributed by atoms with E-state index in [9.17, 15) is 0 Å². The second kappa shape index (κ2) is 4.37. The molecule has 9 heavy (non-hydrogen) atoms. The lowest BCUT2D eigenvalue weighted by Crippen LogP contribution is -1.85. The third-order valence-corrected chi connectivity index (χ3v) is 1.45. The summed E-state index contributed by atoms with van der Waals surface area (Å²) >= 11 is 0. The average molecular weight is 123 g/mol. The summed E-state index contributed by atoms with van der Waals surface area (Å²) in [5, 5.41) is 0. The van der Waals surface area contributed by atoms with E-state index in [4.69, 9.17) is 6.58 Å². The summed E-state index contributed by atoms with van der Waals surface area (Å²) in [5.74, 6) is 0.657. The molecular weight excluding hydrogens is 108 g/mol. The Hall–Kier alpha value is -0.520. The maximum Gasteiger partial charge on any atom is -0.0259 e. The average Bonchev–Trinajstić information content (AvgIpc) is 1.87. The normalized spacial score (nSPS) is 15.2. The van der Waals surface area contributed by atoms with Gasteiger partial charge in [-0.1, -0.05) is 44.6 Å². The van der Waals surface area contributed by atoms with Crippen LogP contribution in [-0.2, 0) is 0 Å². The monoisotopic (exact) mass is 123 g/mol. The predicted octanol–water partition coefficient (Wildman–Crippen LogP) is 2.97. The Balaban J connectivity index is 3.78. The third kappa shape index (κ3) is 4.01. The van der Waals surface area contributed by atoms with Gasteiger partial charge in [-0.15, -0.1) is 0 Å². The van der Waals surface area contributed by atoms with Crippen LogP contribution in [0.1, 0.15) is 27.2 Å². The highest BCUT2D eigenvalue weighted by atomic mass is 14.0. The zero-order valence-electron chi connectivity index (χ0n) is 6.52. The molecule has 0 saturated carbocycles. The van der Waals surface area contributed by atoms with E-state index in [2.05, 4.69) is 19.9 Å². The second-order valence-corrected chi connectivity index (χ2v) is 2.46. The lowest BCUT2D eigenvalue weighted by Gasteiger charge is -2.00. The fourth-order valence-corrected chi connectivity index (χ4v) is 0.622. The molecule has 0 aliphatic rings. The Morgan fingerprint density at radius 3 is 2.56 bits per heavy atom. The molecule has 0 aliphatic heterocycles. The summed E-state index contributed by atoms with van der Waals surface area (Å²) in [6.07, 6.45) is 5.01. The van der Waals surface area contributed by atoms with Gasteiger partial charge in [-0.25, -0.2) is 0 Å². The van der Waals surface area contributed by atoms with Gasteiger partial charge in [0.15, 0.2) is 0 Å². The first-order valence-corrected chi connectivity index (χ1v) is 3.44. The van der Waals surface area contributed by atoms with Crippen molar-refractivity contribution in [2.24, 2.45) is 5.92 Å². The van der Waals surface area contributed by atoms with E-state index >= 15 is 0 Å². The van der Waals surface area contributed by atoms with E-state index in [-0.39, 0.29) is 0 Å². The zero-order chi connectivity index (χ0) is 7.28. The first-order valence-electron chi connectivity index (χ1n) is 3.44. The van der Waals surface area contributed by atoms with Gasteiger partial charge in [0, 0.05) is 0 Å². The van der Waals surface area contributed by atoms with E-state index in [1.165, 1.54) is 12.0 Å². The van der Waals surface area contributed by atoms with Crippen LogP contribution in [0.2, 0.25) is 0 Å². The first-order chi connectivity index (χ1) is 4.20. The van der Waals surface area contributed by atoms with Crippen LogP contribution >= 0.6 is 0 Å². The number of rotatable bonds is 3. The molecule has 0 amide bonds. The molecule has 0 aromatic heterocycles. The maximum absolute atomic E-state index is 5.28. The molecule has 0 spiro atoms. The van der Waals surface area contributed by atoms with Gasteiger partial charge in [0.05, 0.1) is 0 Å². The maximum atomic E-state index is 5.28. The van der Waals surface area contributed by atoms with Crippen molar-refractivity contribution >= 4 is 0 Å². The summed E-state index contributed by atoms with van der Waals surface area (Å²) in [4.78, 5) is 0. The van der Waals surface area contributed by atoms with Crippen LogP contribution < -0.4 is 0 Å². The molecule has 0 aliphatic carbocycles. The molecule has 0 aromatic rings. The highest BCUT2D eigenvalue weighted by Gasteiger charge is 1.90. The van der Waals surface area contributed by atoms with Crippen LogP contribution in [-0.4, -0.2) is 0 Å². The summed E-state index contributed by atoms with van der Waals surface area (Å²) in [6.45, 7) is 11.7. The van der Waals surface area contributed by atoms with Gasteiger partial charge in [0.25, 0.3) is 0 Å². The number of allylic oxidation sites excluding steroid dienone is 3. The standard InChI is InChI=1S/C9H15/c1-5-8(3)7-9(4)6-2/h1,5,7,9H,6H2,2-4H3. The van der Waals surface area contributed by atoms with Gasteiger partial charge in [-0.2, -0.15) is 0 Å². The lowest BCUT2D eigenvalue weighted by molar-refractivity contribution is 0.694. The van der Waals surface area contributed by atoms with Crippen LogP contribution in [0.5, 0.6) is 0 Å². The van der Waals surface area contributed by atoms with E-state index in [1.807, 2.05) is 6.92 Å². The zero-order valence-corrected chi connectivity index (χ0v) is 6.52. The van der Waals surface area contributed by atoms with Gasteiger partial charge in [-0.3, -0.25) is 0 Å². The van der Waals surface area contributed by atoms with Gasteiger partial charge in [0.2, 0.25) is 0 Å². The molecule has 0 fully saturated rings. The molecule has 0 nitrogen and oxygen atoms in total. The molecule has 0 saturated heterocycles. The molecule has 0 rings (SSSR count). The quantitative estimate of drug-likeness (QED) is 0.506. The summed E-state index contributed by atoms with van der Waals surface area (Å²) in [5.41, 5.74) is 1.17. The van der Waals surface area contributed by atoms with Crippen LogP contribution in [0.3, 0.4) is 0 Å². The van der Waals surface area contributed by atoms with Crippen LogP contribution in [0, 0.1) is 12.5 Å². The highest BCUT2D eigenvalue weighted by Crippen LogP contribution is 2.06. The molecular formula is C9H15. The molecule has 1 radical (unpaired) electrons. The number of hydrogen-bond donors (Lipinski definition) is 0. The summed E-state index contributed by atoms with van der Waals surface area (Å²) < 4.78 is 0. The minimum atomic E-state index is 0.657. The van der Waals surface area contributed by atoms with Gasteiger partial charge < -0.3 is 0 Å². The van der Waals surface area contributed by atoms with Gasteiger partial charge in [-0.05, 0) is 12.8 Å². The SMILES string of the molecule is [CH]=CC(C)=CC(C)CC. The summed E-state index contributed by atoms with van der Waals surface area (Å²) in [6, 6.07) is 0. The van der Waals surface area contributed by atoms with E-state index < -0.39 is 0 Å². The largest absolute Gasteiger partial charge is 0.0788 e. The fraction of sp³-hybridized carbons (Fsp3) is 0.556. The van der Waals surface area contributed by atoms with Gasteiger partial charge in [0.1, 0.15) is 0 Å². The molecule has 0 bridgehead atoms. The molecule has 51 valence electrons. The minimum Gasteiger partial charge on any atom is -0.0788 e.